The van der Waals surface area contributed by atoms with E-state index >= 15 is 0 Å². The second kappa shape index (κ2) is 4.56. The largest absolute Gasteiger partial charge is 0.456 e. The first-order chi connectivity index (χ1) is 8.00. The number of nitrogens with two attached hydrogens (primary N) is 1. The van der Waals surface area contributed by atoms with E-state index in [4.69, 9.17) is 10.5 Å². The fourth-order valence-electron chi connectivity index (χ4n) is 1.23. The molecule has 0 bridgehead atoms. The molecule has 1 rings (SSSR count). The second-order valence-corrected chi connectivity index (χ2v) is 6.01. The standard InChI is InChI=1S/C11H14FNO4S/c1-11(2,3)17-10(14)7-4-5-9(8(13)6-7)18(12,15)16/h4-6H,13H2,1-3H3. The van der Waals surface area contributed by atoms with Crippen molar-refractivity contribution >= 4 is 21.9 Å². The first kappa shape index (κ1) is 14.4. The first-order valence-electron chi connectivity index (χ1n) is 5.08. The number of nitrogen functional groups attached to an aromatic ring is 1. The molecule has 0 aliphatic rings. The van der Waals surface area contributed by atoms with Crippen LogP contribution in [-0.2, 0) is 15.0 Å². The molecular weight excluding hydrogens is 261 g/mol. The van der Waals surface area contributed by atoms with Crippen molar-refractivity contribution in [3.63, 3.8) is 0 Å². The Morgan fingerprint density at radius 3 is 2.28 bits per heavy atom. The number of anilines is 1. The molecule has 18 heavy (non-hydrogen) atoms. The summed E-state index contributed by atoms with van der Waals surface area (Å²) in [6.07, 6.45) is 0. The third-order valence-corrected chi connectivity index (χ3v) is 2.80. The van der Waals surface area contributed by atoms with Crippen molar-refractivity contribution in [3.8, 4) is 0 Å². The van der Waals surface area contributed by atoms with Crippen molar-refractivity contribution in [1.29, 1.82) is 0 Å². The predicted octanol–water partition coefficient (Wildman–Crippen LogP) is 1.88. The average molecular weight is 275 g/mol. The van der Waals surface area contributed by atoms with Gasteiger partial charge in [-0.3, -0.25) is 0 Å². The van der Waals surface area contributed by atoms with Gasteiger partial charge in [-0.2, -0.15) is 8.42 Å². The van der Waals surface area contributed by atoms with Gasteiger partial charge in [-0.15, -0.1) is 3.89 Å². The van der Waals surface area contributed by atoms with Crippen LogP contribution in [0.3, 0.4) is 0 Å². The number of rotatable bonds is 2. The van der Waals surface area contributed by atoms with E-state index in [1.54, 1.807) is 20.8 Å². The summed E-state index contributed by atoms with van der Waals surface area (Å²) in [7, 11) is -4.89. The smallest absolute Gasteiger partial charge is 0.338 e. The minimum absolute atomic E-state index is 0.0647. The monoisotopic (exact) mass is 275 g/mol. The van der Waals surface area contributed by atoms with Gasteiger partial charge in [0, 0.05) is 0 Å². The van der Waals surface area contributed by atoms with Gasteiger partial charge in [0.15, 0.2) is 0 Å². The Labute approximate surface area is 105 Å². The van der Waals surface area contributed by atoms with E-state index in [2.05, 4.69) is 0 Å². The van der Waals surface area contributed by atoms with E-state index in [0.29, 0.717) is 0 Å². The maximum atomic E-state index is 12.8. The molecule has 0 unspecified atom stereocenters. The molecule has 0 aliphatic heterocycles. The third kappa shape index (κ3) is 3.69. The number of hydrogen-bond acceptors (Lipinski definition) is 5. The first-order valence-corrected chi connectivity index (χ1v) is 6.46. The molecule has 0 spiro atoms. The van der Waals surface area contributed by atoms with E-state index in [1.165, 1.54) is 0 Å². The zero-order chi connectivity index (χ0) is 14.1. The molecule has 0 aromatic heterocycles. The summed E-state index contributed by atoms with van der Waals surface area (Å²) in [6, 6.07) is 3.15. The highest BCUT2D eigenvalue weighted by molar-refractivity contribution is 7.86. The van der Waals surface area contributed by atoms with E-state index in [-0.39, 0.29) is 11.3 Å². The molecule has 0 heterocycles. The number of halogens is 1. The molecule has 7 heteroatoms. The van der Waals surface area contributed by atoms with Crippen molar-refractivity contribution < 1.29 is 21.8 Å². The van der Waals surface area contributed by atoms with Crippen LogP contribution in [0, 0.1) is 0 Å². The lowest BCUT2D eigenvalue weighted by Gasteiger charge is -2.19. The lowest BCUT2D eigenvalue weighted by atomic mass is 10.1. The Balaban J connectivity index is 3.10. The maximum Gasteiger partial charge on any atom is 0.338 e. The summed E-state index contributed by atoms with van der Waals surface area (Å²) in [5, 5.41) is 0. The molecule has 0 saturated heterocycles. The fraction of sp³-hybridized carbons (Fsp3) is 0.364. The predicted molar refractivity (Wildman–Crippen MR) is 64.3 cm³/mol. The molecule has 0 saturated carbocycles. The van der Waals surface area contributed by atoms with Gasteiger partial charge in [0.25, 0.3) is 0 Å². The van der Waals surface area contributed by atoms with E-state index in [1.807, 2.05) is 0 Å². The third-order valence-electron chi connectivity index (χ3n) is 1.91. The van der Waals surface area contributed by atoms with Crippen molar-refractivity contribution in [2.24, 2.45) is 0 Å². The van der Waals surface area contributed by atoms with Crippen LogP contribution < -0.4 is 5.73 Å². The van der Waals surface area contributed by atoms with Crippen LogP contribution in [0.15, 0.2) is 23.1 Å². The molecule has 0 atom stereocenters. The second-order valence-electron chi connectivity index (χ2n) is 4.69. The Kier molecular flexibility index (Phi) is 3.66. The number of carbonyl (C=O) groups excluding carboxylic acids is 1. The van der Waals surface area contributed by atoms with Crippen molar-refractivity contribution in [1.82, 2.24) is 0 Å². The summed E-state index contributed by atoms with van der Waals surface area (Å²) in [5.74, 6) is -0.656. The molecule has 0 amide bonds. The maximum absolute atomic E-state index is 12.8. The zero-order valence-corrected chi connectivity index (χ0v) is 11.0. The highest BCUT2D eigenvalue weighted by atomic mass is 32.3. The van der Waals surface area contributed by atoms with Crippen molar-refractivity contribution in [2.45, 2.75) is 31.3 Å². The number of ether oxygens (including phenoxy) is 1. The molecular formula is C11H14FNO4S. The average Bonchev–Trinajstić information content (AvgIpc) is 2.12. The normalized spacial score (nSPS) is 12.2. The van der Waals surface area contributed by atoms with Crippen LogP contribution in [-0.4, -0.2) is 20.0 Å². The summed E-state index contributed by atoms with van der Waals surface area (Å²) in [6.45, 7) is 5.07. The Morgan fingerprint density at radius 2 is 1.89 bits per heavy atom. The van der Waals surface area contributed by atoms with Crippen LogP contribution in [0.1, 0.15) is 31.1 Å². The topological polar surface area (TPSA) is 86.5 Å². The van der Waals surface area contributed by atoms with Crippen LogP contribution in [0.4, 0.5) is 9.57 Å². The van der Waals surface area contributed by atoms with Gasteiger partial charge in [-0.25, -0.2) is 4.79 Å². The fourth-order valence-corrected chi connectivity index (χ4v) is 1.81. The molecule has 1 aromatic carbocycles. The van der Waals surface area contributed by atoms with Gasteiger partial charge in [-0.1, -0.05) is 0 Å². The van der Waals surface area contributed by atoms with Crippen LogP contribution >= 0.6 is 0 Å². The molecule has 0 radical (unpaired) electrons. The highest BCUT2D eigenvalue weighted by Crippen LogP contribution is 2.23. The van der Waals surface area contributed by atoms with E-state index in [9.17, 15) is 17.1 Å². The van der Waals surface area contributed by atoms with E-state index in [0.717, 1.165) is 18.2 Å². The molecule has 5 nitrogen and oxygen atoms in total. The Morgan fingerprint density at radius 1 is 1.33 bits per heavy atom. The van der Waals surface area contributed by atoms with Gasteiger partial charge in [0.05, 0.1) is 11.3 Å². The van der Waals surface area contributed by atoms with Gasteiger partial charge in [-0.05, 0) is 39.0 Å². The van der Waals surface area contributed by atoms with Gasteiger partial charge in [0.1, 0.15) is 10.5 Å². The molecule has 2 N–H and O–H groups in total. The van der Waals surface area contributed by atoms with Crippen molar-refractivity contribution in [2.75, 3.05) is 5.73 Å². The molecule has 0 fully saturated rings. The van der Waals surface area contributed by atoms with Crippen molar-refractivity contribution in [3.05, 3.63) is 23.8 Å². The summed E-state index contributed by atoms with van der Waals surface area (Å²) >= 11 is 0. The molecule has 100 valence electrons. The highest BCUT2D eigenvalue weighted by Gasteiger charge is 2.21. The number of hydrogen-bond donors (Lipinski definition) is 1. The number of esters is 1. The minimum atomic E-state index is -4.89. The molecule has 0 aliphatic carbocycles. The Hall–Kier alpha value is -1.63. The number of carbonyl (C=O) groups is 1. The lowest BCUT2D eigenvalue weighted by Crippen LogP contribution is -2.24. The van der Waals surface area contributed by atoms with Gasteiger partial charge < -0.3 is 10.5 Å². The number of benzene rings is 1. The Bertz CT molecular complexity index is 575. The van der Waals surface area contributed by atoms with Gasteiger partial charge >= 0.3 is 16.2 Å². The van der Waals surface area contributed by atoms with Crippen LogP contribution in [0.25, 0.3) is 0 Å². The molecule has 1 aromatic rings. The van der Waals surface area contributed by atoms with Gasteiger partial charge in [0.2, 0.25) is 0 Å². The van der Waals surface area contributed by atoms with E-state index < -0.39 is 26.7 Å². The lowest BCUT2D eigenvalue weighted by molar-refractivity contribution is 0.00694. The van der Waals surface area contributed by atoms with Crippen LogP contribution in [0.2, 0.25) is 0 Å². The minimum Gasteiger partial charge on any atom is -0.456 e. The zero-order valence-electron chi connectivity index (χ0n) is 10.2. The van der Waals surface area contributed by atoms with Crippen LogP contribution in [0.5, 0.6) is 0 Å². The summed E-state index contributed by atoms with van der Waals surface area (Å²) < 4.78 is 39.2. The quantitative estimate of drug-likeness (QED) is 0.506. The summed E-state index contributed by atoms with van der Waals surface area (Å²) in [5.41, 5.74) is 4.43. The SMILES string of the molecule is CC(C)(C)OC(=O)c1ccc(S(=O)(=O)F)c(N)c1. The summed E-state index contributed by atoms with van der Waals surface area (Å²) in [4.78, 5) is 11.0.